The number of allylic oxidation sites excluding steroid dienone is 9. The topological polar surface area (TPSA) is 175 Å². The molecule has 0 saturated carbocycles. The molecule has 6 N–H and O–H groups in total. The molecule has 7 unspecified atom stereocenters. The average molecular weight is 1130 g/mol. The number of ether oxygens (including phenoxy) is 3. The van der Waals surface area contributed by atoms with Gasteiger partial charge in [-0.25, -0.2) is 0 Å². The highest BCUT2D eigenvalue weighted by atomic mass is 16.7. The molecular formula is C69H125NO10. The maximum Gasteiger partial charge on any atom is 0.305 e. The third kappa shape index (κ3) is 46.8. The Labute approximate surface area is 490 Å². The van der Waals surface area contributed by atoms with Gasteiger partial charge in [0.1, 0.15) is 24.4 Å². The number of aliphatic hydroxyl groups excluding tert-OH is 5. The molecule has 1 aliphatic heterocycles. The zero-order valence-electron chi connectivity index (χ0n) is 51.5. The van der Waals surface area contributed by atoms with Gasteiger partial charge in [0.15, 0.2) is 6.29 Å². The van der Waals surface area contributed by atoms with Crippen LogP contribution in [0.15, 0.2) is 60.8 Å². The van der Waals surface area contributed by atoms with Crippen molar-refractivity contribution in [1.82, 2.24) is 5.32 Å². The van der Waals surface area contributed by atoms with Gasteiger partial charge in [0.05, 0.1) is 32.0 Å². The van der Waals surface area contributed by atoms with Crippen molar-refractivity contribution in [2.24, 2.45) is 0 Å². The van der Waals surface area contributed by atoms with Gasteiger partial charge in [-0.1, -0.05) is 248 Å². The summed E-state index contributed by atoms with van der Waals surface area (Å²) in [4.78, 5) is 25.1. The van der Waals surface area contributed by atoms with E-state index in [4.69, 9.17) is 14.2 Å². The fourth-order valence-electron chi connectivity index (χ4n) is 10.2. The van der Waals surface area contributed by atoms with E-state index in [1.807, 2.05) is 6.08 Å². The van der Waals surface area contributed by atoms with Crippen molar-refractivity contribution in [2.45, 2.75) is 346 Å². The molecular weight excluding hydrogens is 1000 g/mol. The highest BCUT2D eigenvalue weighted by Gasteiger charge is 2.44. The van der Waals surface area contributed by atoms with Crippen LogP contribution >= 0.6 is 0 Å². The molecule has 11 nitrogen and oxygen atoms in total. The van der Waals surface area contributed by atoms with Crippen LogP contribution < -0.4 is 5.32 Å². The third-order valence-corrected chi connectivity index (χ3v) is 15.6. The van der Waals surface area contributed by atoms with Crippen LogP contribution in [0.3, 0.4) is 0 Å². The van der Waals surface area contributed by atoms with E-state index in [-0.39, 0.29) is 18.5 Å². The minimum absolute atomic E-state index is 0.00813. The van der Waals surface area contributed by atoms with E-state index >= 15 is 0 Å². The van der Waals surface area contributed by atoms with E-state index in [1.54, 1.807) is 6.08 Å². The first-order valence-electron chi connectivity index (χ1n) is 33.6. The molecule has 0 aromatic rings. The van der Waals surface area contributed by atoms with Gasteiger partial charge in [0.2, 0.25) is 5.91 Å². The van der Waals surface area contributed by atoms with E-state index in [9.17, 15) is 35.1 Å². The van der Waals surface area contributed by atoms with Gasteiger partial charge in [0, 0.05) is 12.8 Å². The quantitative estimate of drug-likeness (QED) is 0.0195. The number of esters is 1. The lowest BCUT2D eigenvalue weighted by Crippen LogP contribution is -2.60. The molecule has 1 heterocycles. The molecule has 80 heavy (non-hydrogen) atoms. The molecule has 0 aromatic heterocycles. The van der Waals surface area contributed by atoms with Gasteiger partial charge < -0.3 is 45.1 Å². The molecule has 0 radical (unpaired) electrons. The van der Waals surface area contributed by atoms with Crippen molar-refractivity contribution in [2.75, 3.05) is 19.8 Å². The Balaban J connectivity index is 1.94. The molecule has 0 aromatic carbocycles. The highest BCUT2D eigenvalue weighted by molar-refractivity contribution is 5.76. The number of unbranched alkanes of at least 4 members (excludes halogenated alkanes) is 36. The Bertz CT molecular complexity index is 1510. The molecule has 1 fully saturated rings. The van der Waals surface area contributed by atoms with Crippen molar-refractivity contribution in [3.8, 4) is 0 Å². The Kier molecular flexibility index (Phi) is 54.8. The maximum atomic E-state index is 13.0. The van der Waals surface area contributed by atoms with Crippen LogP contribution in [0.5, 0.6) is 0 Å². The standard InChI is InChI=1S/C69H125NO10/c1-3-5-7-9-11-13-14-15-30-34-37-41-45-49-53-57-65(74)78-58-54-50-46-42-38-35-32-29-27-25-23-21-19-17-16-18-20-22-24-26-28-31-33-36-40-44-48-52-56-64(73)70-61(62(72)55-51-47-43-39-12-10-8-6-4-2)60-79-69-68(77)67(76)66(75)63(59-71)80-69/h11-13,15-17,30,39,51,55,61-63,66-69,71-72,75-77H,3-10,14,18-29,31-38,40-50,52-54,56-60H2,1-2H3,(H,70,73)/b13-11-,17-16-,30-15-,39-12+,55-51+. The molecule has 1 aliphatic rings. The van der Waals surface area contributed by atoms with Crippen LogP contribution in [0, 0.1) is 0 Å². The van der Waals surface area contributed by atoms with Crippen molar-refractivity contribution < 1.29 is 49.3 Å². The number of carbonyl (C=O) groups is 2. The van der Waals surface area contributed by atoms with Crippen molar-refractivity contribution in [3.05, 3.63) is 60.8 Å². The zero-order valence-corrected chi connectivity index (χ0v) is 51.5. The third-order valence-electron chi connectivity index (χ3n) is 15.6. The summed E-state index contributed by atoms with van der Waals surface area (Å²) in [5, 5.41) is 54.2. The Morgan fingerprint density at radius 1 is 0.463 bits per heavy atom. The average Bonchev–Trinajstić information content (AvgIpc) is 3.45. The number of nitrogens with one attached hydrogen (secondary N) is 1. The summed E-state index contributed by atoms with van der Waals surface area (Å²) in [6.07, 6.45) is 66.5. The lowest BCUT2D eigenvalue weighted by molar-refractivity contribution is -0.302. The van der Waals surface area contributed by atoms with Gasteiger partial charge in [-0.3, -0.25) is 9.59 Å². The molecule has 1 amide bonds. The van der Waals surface area contributed by atoms with E-state index in [0.29, 0.717) is 19.4 Å². The molecule has 1 rings (SSSR count). The lowest BCUT2D eigenvalue weighted by atomic mass is 9.99. The summed E-state index contributed by atoms with van der Waals surface area (Å²) in [7, 11) is 0. The van der Waals surface area contributed by atoms with Gasteiger partial charge in [-0.15, -0.1) is 0 Å². The SMILES string of the molecule is CCCCC/C=C\C/C=C\CCCCCCCC(=O)OCCCCCCCCCCCCCC/C=C\CCCCCCCCCCCCCCC(=O)NC(COC1OC(CO)C(O)C(O)C1O)C(O)/C=C/CC/C=C/CCCCC. The largest absolute Gasteiger partial charge is 0.466 e. The maximum absolute atomic E-state index is 13.0. The second-order valence-corrected chi connectivity index (χ2v) is 23.2. The molecule has 1 saturated heterocycles. The summed E-state index contributed by atoms with van der Waals surface area (Å²) in [5.41, 5.74) is 0. The van der Waals surface area contributed by atoms with E-state index in [0.717, 1.165) is 64.2 Å². The molecule has 0 aliphatic carbocycles. The molecule has 11 heteroatoms. The summed E-state index contributed by atoms with van der Waals surface area (Å²) in [6, 6.07) is -0.827. The van der Waals surface area contributed by atoms with Crippen LogP contribution in [0.1, 0.15) is 303 Å². The predicted molar refractivity (Wildman–Crippen MR) is 333 cm³/mol. The van der Waals surface area contributed by atoms with Crippen LogP contribution in [0.2, 0.25) is 0 Å². The second kappa shape index (κ2) is 58.1. The summed E-state index contributed by atoms with van der Waals surface area (Å²) < 4.78 is 16.7. The van der Waals surface area contributed by atoms with E-state index in [1.165, 1.54) is 212 Å². The number of hydrogen-bond acceptors (Lipinski definition) is 10. The fourth-order valence-corrected chi connectivity index (χ4v) is 10.2. The lowest BCUT2D eigenvalue weighted by Gasteiger charge is -2.40. The number of rotatable bonds is 58. The van der Waals surface area contributed by atoms with Gasteiger partial charge in [0.25, 0.3) is 0 Å². The minimum atomic E-state index is -1.58. The molecule has 466 valence electrons. The Morgan fingerprint density at radius 2 is 0.850 bits per heavy atom. The van der Waals surface area contributed by atoms with E-state index < -0.39 is 49.5 Å². The molecule has 7 atom stereocenters. The monoisotopic (exact) mass is 1130 g/mol. The summed E-state index contributed by atoms with van der Waals surface area (Å²) in [6.45, 7) is 4.25. The highest BCUT2D eigenvalue weighted by Crippen LogP contribution is 2.23. The normalized spacial score (nSPS) is 18.7. The first-order chi connectivity index (χ1) is 39.2. The predicted octanol–water partition coefficient (Wildman–Crippen LogP) is 16.6. The summed E-state index contributed by atoms with van der Waals surface area (Å²) >= 11 is 0. The van der Waals surface area contributed by atoms with Gasteiger partial charge in [-0.2, -0.15) is 0 Å². The van der Waals surface area contributed by atoms with Crippen LogP contribution in [0.25, 0.3) is 0 Å². The first-order valence-corrected chi connectivity index (χ1v) is 33.6. The Hall–Kier alpha value is -2.64. The number of aliphatic hydroxyl groups is 5. The van der Waals surface area contributed by atoms with Crippen molar-refractivity contribution in [3.63, 3.8) is 0 Å². The summed E-state index contributed by atoms with van der Waals surface area (Å²) in [5.74, 6) is -0.203. The Morgan fingerprint density at radius 3 is 1.31 bits per heavy atom. The first kappa shape index (κ1) is 75.4. The van der Waals surface area contributed by atoms with Crippen LogP contribution in [-0.4, -0.2) is 100 Å². The van der Waals surface area contributed by atoms with E-state index in [2.05, 4.69) is 67.8 Å². The van der Waals surface area contributed by atoms with Crippen molar-refractivity contribution >= 4 is 11.9 Å². The zero-order chi connectivity index (χ0) is 58.0. The fraction of sp³-hybridized carbons (Fsp3) is 0.826. The smallest absolute Gasteiger partial charge is 0.305 e. The number of amides is 1. The van der Waals surface area contributed by atoms with Crippen LogP contribution in [0.4, 0.5) is 0 Å². The van der Waals surface area contributed by atoms with Gasteiger partial charge >= 0.3 is 5.97 Å². The van der Waals surface area contributed by atoms with Crippen molar-refractivity contribution in [1.29, 1.82) is 0 Å². The molecule has 0 spiro atoms. The number of carbonyl (C=O) groups excluding carboxylic acids is 2. The molecule has 0 bridgehead atoms. The second-order valence-electron chi connectivity index (χ2n) is 23.2. The van der Waals surface area contributed by atoms with Gasteiger partial charge in [-0.05, 0) is 103 Å². The minimum Gasteiger partial charge on any atom is -0.466 e. The number of hydrogen-bond donors (Lipinski definition) is 6. The van der Waals surface area contributed by atoms with Crippen LogP contribution in [-0.2, 0) is 23.8 Å².